The molecular formula is C36H47NO5Si. The van der Waals surface area contributed by atoms with E-state index < -0.39 is 14.4 Å². The Balaban J connectivity index is 1.31. The Morgan fingerprint density at radius 2 is 1.60 bits per heavy atom. The second-order valence-corrected chi connectivity index (χ2v) is 17.9. The monoisotopic (exact) mass is 601 g/mol. The van der Waals surface area contributed by atoms with Gasteiger partial charge in [-0.2, -0.15) is 0 Å². The lowest BCUT2D eigenvalue weighted by Crippen LogP contribution is -2.45. The Kier molecular flexibility index (Phi) is 11.0. The maximum absolute atomic E-state index is 12.8. The summed E-state index contributed by atoms with van der Waals surface area (Å²) in [6.45, 7) is 12.3. The molecule has 0 aromatic heterocycles. The average molecular weight is 602 g/mol. The van der Waals surface area contributed by atoms with Gasteiger partial charge in [-0.1, -0.05) is 93.6 Å². The first-order valence-electron chi connectivity index (χ1n) is 15.5. The Labute approximate surface area is 258 Å². The molecule has 3 unspecified atom stereocenters. The Morgan fingerprint density at radius 3 is 2.23 bits per heavy atom. The molecular weight excluding hydrogens is 554 g/mol. The lowest BCUT2D eigenvalue weighted by atomic mass is 10.00. The molecule has 0 spiro atoms. The summed E-state index contributed by atoms with van der Waals surface area (Å²) in [5.74, 6) is 0.474. The number of likely N-dealkylation sites (tertiary alicyclic amines) is 1. The van der Waals surface area contributed by atoms with E-state index in [4.69, 9.17) is 9.16 Å². The number of carbonyl (C=O) groups is 2. The van der Waals surface area contributed by atoms with Gasteiger partial charge in [0.25, 0.3) is 0 Å². The van der Waals surface area contributed by atoms with Crippen molar-refractivity contribution in [2.24, 2.45) is 0 Å². The first-order chi connectivity index (χ1) is 20.4. The average Bonchev–Trinajstić information content (AvgIpc) is 3.34. The zero-order valence-corrected chi connectivity index (χ0v) is 27.3. The Hall–Kier alpha value is -3.26. The van der Waals surface area contributed by atoms with Crippen molar-refractivity contribution < 1.29 is 23.9 Å². The lowest BCUT2D eigenvalue weighted by Gasteiger charge is -2.40. The van der Waals surface area contributed by atoms with Gasteiger partial charge >= 0.3 is 0 Å². The third kappa shape index (κ3) is 8.88. The molecule has 7 heteroatoms. The van der Waals surface area contributed by atoms with Crippen molar-refractivity contribution in [1.82, 2.24) is 4.90 Å². The molecule has 0 saturated carbocycles. The summed E-state index contributed by atoms with van der Waals surface area (Å²) in [6.07, 6.45) is 2.99. The molecule has 3 aromatic carbocycles. The largest absolute Gasteiger partial charge is 0.492 e. The highest BCUT2D eigenvalue weighted by molar-refractivity contribution is 6.74. The number of hydrogen-bond acceptors (Lipinski definition) is 5. The molecule has 6 nitrogen and oxygen atoms in total. The summed E-state index contributed by atoms with van der Waals surface area (Å²) < 4.78 is 12.9. The van der Waals surface area contributed by atoms with Crippen LogP contribution in [-0.4, -0.2) is 55.3 Å². The molecule has 1 amide bonds. The van der Waals surface area contributed by atoms with Crippen LogP contribution in [0.2, 0.25) is 18.1 Å². The van der Waals surface area contributed by atoms with E-state index in [-0.39, 0.29) is 28.9 Å². The number of hydrogen-bond donors (Lipinski definition) is 1. The van der Waals surface area contributed by atoms with E-state index in [1.54, 1.807) is 48.5 Å². The fourth-order valence-corrected chi connectivity index (χ4v) is 6.76. The molecule has 43 heavy (non-hydrogen) atoms. The van der Waals surface area contributed by atoms with E-state index in [0.717, 1.165) is 25.7 Å². The van der Waals surface area contributed by atoms with Gasteiger partial charge in [0, 0.05) is 24.1 Å². The maximum atomic E-state index is 12.8. The Morgan fingerprint density at radius 1 is 0.977 bits per heavy atom. The number of amides is 1. The van der Waals surface area contributed by atoms with E-state index in [0.29, 0.717) is 36.4 Å². The molecule has 1 aliphatic heterocycles. The number of rotatable bonds is 14. The molecule has 230 valence electrons. The first kappa shape index (κ1) is 32.6. The number of nitrogens with zero attached hydrogens (tertiary/aromatic N) is 1. The van der Waals surface area contributed by atoms with E-state index in [2.05, 4.69) is 58.1 Å². The van der Waals surface area contributed by atoms with E-state index >= 15 is 0 Å². The van der Waals surface area contributed by atoms with Crippen molar-refractivity contribution in [3.63, 3.8) is 0 Å². The minimum Gasteiger partial charge on any atom is -0.492 e. The molecule has 1 N–H and O–H groups in total. The van der Waals surface area contributed by atoms with Crippen LogP contribution in [0.15, 0.2) is 84.9 Å². The second kappa shape index (κ2) is 14.5. The van der Waals surface area contributed by atoms with Crippen LogP contribution in [0.3, 0.4) is 0 Å². The predicted molar refractivity (Wildman–Crippen MR) is 174 cm³/mol. The zero-order chi connectivity index (χ0) is 31.0. The molecule has 4 rings (SSSR count). The molecule has 1 saturated heterocycles. The van der Waals surface area contributed by atoms with Crippen LogP contribution in [0.5, 0.6) is 5.75 Å². The van der Waals surface area contributed by atoms with Crippen LogP contribution in [-0.2, 0) is 15.6 Å². The van der Waals surface area contributed by atoms with Crippen molar-refractivity contribution in [3.8, 4) is 5.75 Å². The van der Waals surface area contributed by atoms with Crippen molar-refractivity contribution >= 4 is 20.0 Å². The molecule has 1 aliphatic rings. The summed E-state index contributed by atoms with van der Waals surface area (Å²) in [5.41, 5.74) is 2.26. The normalized spacial score (nSPS) is 17.1. The van der Waals surface area contributed by atoms with Gasteiger partial charge in [0.1, 0.15) is 18.5 Å². The molecule has 0 aliphatic carbocycles. The van der Waals surface area contributed by atoms with Gasteiger partial charge < -0.3 is 19.2 Å². The number of benzene rings is 3. The molecule has 1 fully saturated rings. The Bertz CT molecular complexity index is 1320. The molecule has 1 heterocycles. The highest BCUT2D eigenvalue weighted by Gasteiger charge is 2.39. The van der Waals surface area contributed by atoms with Crippen LogP contribution in [0, 0.1) is 0 Å². The van der Waals surface area contributed by atoms with Crippen molar-refractivity contribution in [3.05, 3.63) is 102 Å². The quantitative estimate of drug-likeness (QED) is 0.154. The fraction of sp³-hybridized carbons (Fsp3) is 0.444. The highest BCUT2D eigenvalue weighted by atomic mass is 28.4. The molecule has 3 aromatic rings. The molecule has 3 atom stereocenters. The minimum absolute atomic E-state index is 0.111. The van der Waals surface area contributed by atoms with Crippen molar-refractivity contribution in [2.75, 3.05) is 13.2 Å². The van der Waals surface area contributed by atoms with Gasteiger partial charge in [-0.25, -0.2) is 0 Å². The lowest BCUT2D eigenvalue weighted by molar-refractivity contribution is -0.129. The summed E-state index contributed by atoms with van der Waals surface area (Å²) in [6, 6.07) is 26.4. The van der Waals surface area contributed by atoms with Crippen LogP contribution in [0.25, 0.3) is 0 Å². The first-order valence-corrected chi connectivity index (χ1v) is 18.4. The number of aliphatic hydroxyl groups excluding tert-OH is 1. The summed E-state index contributed by atoms with van der Waals surface area (Å²) in [5, 5.41) is 10.7. The van der Waals surface area contributed by atoms with Crippen molar-refractivity contribution in [2.45, 2.75) is 89.3 Å². The third-order valence-corrected chi connectivity index (χ3v) is 13.5. The fourth-order valence-electron chi connectivity index (χ4n) is 5.37. The van der Waals surface area contributed by atoms with E-state index in [1.807, 2.05) is 17.0 Å². The van der Waals surface area contributed by atoms with Gasteiger partial charge in [-0.05, 0) is 67.1 Å². The SMILES string of the molecule is CC(C)(C)[Si](C)(C)OC(CCC1CCC(=O)N1CCOc1ccc(C(O)C(=O)c2ccccc2)cc1)Cc1ccccc1. The van der Waals surface area contributed by atoms with E-state index in [9.17, 15) is 14.7 Å². The summed E-state index contributed by atoms with van der Waals surface area (Å²) in [7, 11) is -1.96. The van der Waals surface area contributed by atoms with Crippen molar-refractivity contribution in [1.29, 1.82) is 0 Å². The smallest absolute Gasteiger partial charge is 0.223 e. The number of ether oxygens (including phenoxy) is 1. The second-order valence-electron chi connectivity index (χ2n) is 13.1. The van der Waals surface area contributed by atoms with Gasteiger partial charge in [0.15, 0.2) is 14.1 Å². The van der Waals surface area contributed by atoms with Crippen LogP contribution in [0.1, 0.15) is 74.0 Å². The third-order valence-electron chi connectivity index (χ3n) is 8.95. The highest BCUT2D eigenvalue weighted by Crippen LogP contribution is 2.38. The number of Topliss-reactive ketones (excluding diaryl/α,β-unsaturated/α-hetero) is 1. The van der Waals surface area contributed by atoms with Gasteiger partial charge in [-0.15, -0.1) is 0 Å². The van der Waals surface area contributed by atoms with Crippen LogP contribution in [0.4, 0.5) is 0 Å². The predicted octanol–water partition coefficient (Wildman–Crippen LogP) is 7.39. The maximum Gasteiger partial charge on any atom is 0.223 e. The van der Waals surface area contributed by atoms with Crippen LogP contribution < -0.4 is 4.74 Å². The number of carbonyl (C=O) groups excluding carboxylic acids is 2. The number of aliphatic hydroxyl groups is 1. The van der Waals surface area contributed by atoms with Gasteiger partial charge in [0.05, 0.1) is 6.54 Å². The van der Waals surface area contributed by atoms with Gasteiger partial charge in [-0.3, -0.25) is 9.59 Å². The topological polar surface area (TPSA) is 76.1 Å². The summed E-state index contributed by atoms with van der Waals surface area (Å²) >= 11 is 0. The number of ketones is 1. The standard InChI is InChI=1S/C36H47NO5Si/c1-36(2,3)43(4,5)42-32(26-27-12-8-6-9-13-27)22-18-30-19-23-33(38)37(30)24-25-41-31-20-16-29(17-21-31)35(40)34(39)28-14-10-7-11-15-28/h6-17,20-21,30,32,35,40H,18-19,22-26H2,1-5H3. The van der Waals surface area contributed by atoms with Crippen LogP contribution >= 0.6 is 0 Å². The molecule has 0 bridgehead atoms. The van der Waals surface area contributed by atoms with Gasteiger partial charge in [0.2, 0.25) is 5.91 Å². The minimum atomic E-state index is -1.96. The zero-order valence-electron chi connectivity index (χ0n) is 26.3. The summed E-state index contributed by atoms with van der Waals surface area (Å²) in [4.78, 5) is 27.4. The van der Waals surface area contributed by atoms with E-state index in [1.165, 1.54) is 5.56 Å². The molecule has 0 radical (unpaired) electrons.